The number of carbonyl (C=O) groups is 1. The summed E-state index contributed by atoms with van der Waals surface area (Å²) in [6, 6.07) is 5.58. The van der Waals surface area contributed by atoms with Crippen LogP contribution in [0.15, 0.2) is 24.3 Å². The highest BCUT2D eigenvalue weighted by Gasteiger charge is 2.12. The van der Waals surface area contributed by atoms with Crippen LogP contribution in [0, 0.1) is 0 Å². The van der Waals surface area contributed by atoms with Crippen molar-refractivity contribution in [3.05, 3.63) is 35.4 Å². The molecule has 0 amide bonds. The fourth-order valence-corrected chi connectivity index (χ4v) is 2.20. The Morgan fingerprint density at radius 1 is 1.26 bits per heavy atom. The minimum absolute atomic E-state index is 0.102. The molecule has 1 aromatic carbocycles. The Morgan fingerprint density at radius 2 is 1.89 bits per heavy atom. The third kappa shape index (κ3) is 5.79. The molecule has 0 unspecified atom stereocenters. The van der Waals surface area contributed by atoms with Crippen molar-refractivity contribution < 1.29 is 27.9 Å². The molecule has 0 spiro atoms. The lowest BCUT2D eigenvalue weighted by Crippen LogP contribution is -2.27. The number of carboxylic acid groups (broad SMARTS) is 1. The molecule has 1 aromatic rings. The van der Waals surface area contributed by atoms with Crippen LogP contribution in [0.2, 0.25) is 0 Å². The van der Waals surface area contributed by atoms with Gasteiger partial charge in [0.05, 0.1) is 24.5 Å². The molecule has 1 rings (SSSR count). The van der Waals surface area contributed by atoms with Gasteiger partial charge in [-0.25, -0.2) is 13.2 Å². The second-order valence-electron chi connectivity index (χ2n) is 3.69. The van der Waals surface area contributed by atoms with E-state index in [1.165, 1.54) is 31.4 Å². The standard InChI is InChI=1S/C11H15NO6S/c1-17-6-7-18-12-19(15,16)8-9-2-4-10(5-3-9)11(13)14/h2-5,12H,6-8H2,1H3,(H,13,14). The molecule has 0 saturated heterocycles. The molecular formula is C11H15NO6S. The SMILES string of the molecule is COCCONS(=O)(=O)Cc1ccc(C(=O)O)cc1. The summed E-state index contributed by atoms with van der Waals surface area (Å²) in [5, 5.41) is 8.71. The van der Waals surface area contributed by atoms with Crippen LogP contribution in [0.3, 0.4) is 0 Å². The van der Waals surface area contributed by atoms with E-state index < -0.39 is 16.0 Å². The molecule has 0 saturated carbocycles. The lowest BCUT2D eigenvalue weighted by Gasteiger charge is -2.07. The van der Waals surface area contributed by atoms with Crippen LogP contribution in [-0.2, 0) is 25.4 Å². The molecule has 0 atom stereocenters. The maximum absolute atomic E-state index is 11.6. The molecule has 0 bridgehead atoms. The van der Waals surface area contributed by atoms with Crippen molar-refractivity contribution in [1.82, 2.24) is 4.89 Å². The summed E-state index contributed by atoms with van der Waals surface area (Å²) in [7, 11) is -2.15. The predicted molar refractivity (Wildman–Crippen MR) is 67.0 cm³/mol. The fourth-order valence-electron chi connectivity index (χ4n) is 1.25. The summed E-state index contributed by atoms with van der Waals surface area (Å²) < 4.78 is 27.9. The fraction of sp³-hybridized carbons (Fsp3) is 0.364. The number of methoxy groups -OCH3 is 1. The normalized spacial score (nSPS) is 11.4. The Balaban J connectivity index is 2.55. The van der Waals surface area contributed by atoms with Crippen LogP contribution in [0.25, 0.3) is 0 Å². The van der Waals surface area contributed by atoms with Gasteiger partial charge in [-0.1, -0.05) is 17.0 Å². The Kier molecular flexibility index (Phi) is 5.90. The number of hydrogen-bond donors (Lipinski definition) is 2. The highest BCUT2D eigenvalue weighted by Crippen LogP contribution is 2.07. The number of rotatable bonds is 8. The summed E-state index contributed by atoms with van der Waals surface area (Å²) in [6.07, 6.45) is 0. The van der Waals surface area contributed by atoms with Crippen molar-refractivity contribution in [3.63, 3.8) is 0 Å². The van der Waals surface area contributed by atoms with E-state index in [9.17, 15) is 13.2 Å². The molecule has 0 aliphatic heterocycles. The largest absolute Gasteiger partial charge is 0.478 e. The Bertz CT molecular complexity index is 510. The first-order valence-corrected chi connectivity index (χ1v) is 7.02. The average Bonchev–Trinajstić information content (AvgIpc) is 2.35. The van der Waals surface area contributed by atoms with Gasteiger partial charge in [0.15, 0.2) is 0 Å². The lowest BCUT2D eigenvalue weighted by molar-refractivity contribution is 0.0438. The zero-order valence-corrected chi connectivity index (χ0v) is 11.1. The zero-order valence-electron chi connectivity index (χ0n) is 10.3. The Hall–Kier alpha value is -1.48. The van der Waals surface area contributed by atoms with Crippen LogP contribution >= 0.6 is 0 Å². The molecule has 0 aliphatic rings. The second kappa shape index (κ2) is 7.19. The third-order valence-corrected chi connectivity index (χ3v) is 3.22. The van der Waals surface area contributed by atoms with Crippen LogP contribution in [0.1, 0.15) is 15.9 Å². The minimum atomic E-state index is -3.62. The van der Waals surface area contributed by atoms with E-state index in [1.54, 1.807) is 0 Å². The van der Waals surface area contributed by atoms with Gasteiger partial charge in [0.2, 0.25) is 10.0 Å². The maximum Gasteiger partial charge on any atom is 0.335 e. The number of nitrogens with one attached hydrogen (secondary N) is 1. The Morgan fingerprint density at radius 3 is 2.42 bits per heavy atom. The van der Waals surface area contributed by atoms with Crippen molar-refractivity contribution in [2.24, 2.45) is 0 Å². The average molecular weight is 289 g/mol. The molecule has 7 nitrogen and oxygen atoms in total. The second-order valence-corrected chi connectivity index (χ2v) is 5.37. The number of sulfonamides is 1. The first-order chi connectivity index (χ1) is 8.94. The number of carboxylic acids is 1. The maximum atomic E-state index is 11.6. The zero-order chi connectivity index (χ0) is 14.3. The summed E-state index contributed by atoms with van der Waals surface area (Å²) in [5.41, 5.74) is 0.568. The van der Waals surface area contributed by atoms with Crippen LogP contribution in [0.4, 0.5) is 0 Å². The molecule has 0 heterocycles. The molecule has 0 aromatic heterocycles. The molecule has 0 radical (unpaired) electrons. The van der Waals surface area contributed by atoms with Gasteiger partial charge in [-0.05, 0) is 17.7 Å². The molecule has 2 N–H and O–H groups in total. The first-order valence-electron chi connectivity index (χ1n) is 5.37. The van der Waals surface area contributed by atoms with E-state index in [2.05, 4.69) is 0 Å². The van der Waals surface area contributed by atoms with E-state index in [0.29, 0.717) is 5.56 Å². The topological polar surface area (TPSA) is 102 Å². The summed E-state index contributed by atoms with van der Waals surface area (Å²) >= 11 is 0. The van der Waals surface area contributed by atoms with Gasteiger partial charge >= 0.3 is 5.97 Å². The highest BCUT2D eigenvalue weighted by molar-refractivity contribution is 7.88. The van der Waals surface area contributed by atoms with Gasteiger partial charge in [-0.2, -0.15) is 0 Å². The van der Waals surface area contributed by atoms with Gasteiger partial charge in [-0.15, -0.1) is 0 Å². The molecule has 0 fully saturated rings. The highest BCUT2D eigenvalue weighted by atomic mass is 32.2. The quantitative estimate of drug-likeness (QED) is 0.530. The van der Waals surface area contributed by atoms with Crippen molar-refractivity contribution in [1.29, 1.82) is 0 Å². The molecule has 19 heavy (non-hydrogen) atoms. The Labute approximate surface area is 111 Å². The van der Waals surface area contributed by atoms with Crippen molar-refractivity contribution in [2.45, 2.75) is 5.75 Å². The van der Waals surface area contributed by atoms with Crippen molar-refractivity contribution in [3.8, 4) is 0 Å². The minimum Gasteiger partial charge on any atom is -0.478 e. The number of benzene rings is 1. The van der Waals surface area contributed by atoms with Gasteiger partial charge in [0.25, 0.3) is 0 Å². The molecule has 106 valence electrons. The molecular weight excluding hydrogens is 274 g/mol. The summed E-state index contributed by atoms with van der Waals surface area (Å²) in [6.45, 7) is 0.378. The van der Waals surface area contributed by atoms with E-state index in [1.807, 2.05) is 4.89 Å². The number of ether oxygens (including phenoxy) is 1. The van der Waals surface area contributed by atoms with Gasteiger partial charge in [0, 0.05) is 7.11 Å². The summed E-state index contributed by atoms with van der Waals surface area (Å²) in [5.74, 6) is -1.35. The van der Waals surface area contributed by atoms with E-state index >= 15 is 0 Å². The van der Waals surface area contributed by atoms with Crippen LogP contribution in [0.5, 0.6) is 0 Å². The van der Waals surface area contributed by atoms with E-state index in [-0.39, 0.29) is 24.5 Å². The van der Waals surface area contributed by atoms with Gasteiger partial charge in [0.1, 0.15) is 0 Å². The van der Waals surface area contributed by atoms with Crippen LogP contribution < -0.4 is 4.89 Å². The van der Waals surface area contributed by atoms with Crippen LogP contribution in [-0.4, -0.2) is 39.8 Å². The van der Waals surface area contributed by atoms with Gasteiger partial charge < -0.3 is 9.84 Å². The van der Waals surface area contributed by atoms with Gasteiger partial charge in [-0.3, -0.25) is 4.84 Å². The monoisotopic (exact) mass is 289 g/mol. The summed E-state index contributed by atoms with van der Waals surface area (Å²) in [4.78, 5) is 17.3. The molecule has 0 aliphatic carbocycles. The predicted octanol–water partition coefficient (Wildman–Crippen LogP) is 0.382. The smallest absolute Gasteiger partial charge is 0.335 e. The van der Waals surface area contributed by atoms with Crippen molar-refractivity contribution >= 4 is 16.0 Å². The lowest BCUT2D eigenvalue weighted by atomic mass is 10.1. The van der Waals surface area contributed by atoms with E-state index in [0.717, 1.165) is 0 Å². The van der Waals surface area contributed by atoms with Crippen molar-refractivity contribution in [2.75, 3.05) is 20.3 Å². The number of aromatic carboxylic acids is 1. The van der Waals surface area contributed by atoms with E-state index in [4.69, 9.17) is 14.7 Å². The number of hydrogen-bond acceptors (Lipinski definition) is 5. The third-order valence-electron chi connectivity index (χ3n) is 2.13. The first kappa shape index (κ1) is 15.6. The molecule has 8 heteroatoms.